The molecule has 0 aliphatic heterocycles. The van der Waals surface area contributed by atoms with Gasteiger partial charge >= 0.3 is 0 Å². The molecule has 0 saturated heterocycles. The van der Waals surface area contributed by atoms with Crippen LogP contribution in [-0.2, 0) is 0 Å². The molecule has 3 unspecified atom stereocenters. The standard InChI is InChI=1S/C16H30O/c1-3-4-13-7-10-16(17)15(11-13)14-8-5-12(2)6-9-14/h12-17H,3-11H2,1-2H3. The lowest BCUT2D eigenvalue weighted by atomic mass is 9.67. The van der Waals surface area contributed by atoms with Gasteiger partial charge < -0.3 is 5.11 Å². The molecular formula is C16H30O. The van der Waals surface area contributed by atoms with Gasteiger partial charge in [0, 0.05) is 0 Å². The van der Waals surface area contributed by atoms with Crippen molar-refractivity contribution in [2.75, 3.05) is 0 Å². The highest BCUT2D eigenvalue weighted by Gasteiger charge is 2.35. The lowest BCUT2D eigenvalue weighted by Gasteiger charge is -2.40. The monoisotopic (exact) mass is 238 g/mol. The molecule has 0 aromatic carbocycles. The van der Waals surface area contributed by atoms with Crippen molar-refractivity contribution in [3.05, 3.63) is 0 Å². The Morgan fingerprint density at radius 3 is 2.35 bits per heavy atom. The molecule has 0 heterocycles. The van der Waals surface area contributed by atoms with E-state index in [2.05, 4.69) is 13.8 Å². The highest BCUT2D eigenvalue weighted by Crippen LogP contribution is 2.42. The predicted octanol–water partition coefficient (Wildman–Crippen LogP) is 4.39. The molecule has 0 aromatic heterocycles. The molecule has 0 amide bonds. The zero-order valence-electron chi connectivity index (χ0n) is 11.7. The average molecular weight is 238 g/mol. The fourth-order valence-electron chi connectivity index (χ4n) is 4.17. The van der Waals surface area contributed by atoms with E-state index in [0.29, 0.717) is 5.92 Å². The third kappa shape index (κ3) is 3.47. The molecule has 2 aliphatic rings. The SMILES string of the molecule is CCCC1CCC(O)C(C2CCC(C)CC2)C1. The molecule has 1 N–H and O–H groups in total. The first kappa shape index (κ1) is 13.4. The topological polar surface area (TPSA) is 20.2 Å². The molecule has 100 valence electrons. The van der Waals surface area contributed by atoms with Gasteiger partial charge in [0.05, 0.1) is 6.10 Å². The van der Waals surface area contributed by atoms with Crippen molar-refractivity contribution >= 4 is 0 Å². The van der Waals surface area contributed by atoms with E-state index < -0.39 is 0 Å². The van der Waals surface area contributed by atoms with Crippen molar-refractivity contribution in [2.45, 2.75) is 77.7 Å². The Labute approximate surface area is 107 Å². The molecular weight excluding hydrogens is 208 g/mol. The summed E-state index contributed by atoms with van der Waals surface area (Å²) in [4.78, 5) is 0. The van der Waals surface area contributed by atoms with E-state index in [1.165, 1.54) is 51.4 Å². The Balaban J connectivity index is 1.88. The van der Waals surface area contributed by atoms with Crippen molar-refractivity contribution in [3.63, 3.8) is 0 Å². The van der Waals surface area contributed by atoms with E-state index in [0.717, 1.165) is 24.2 Å². The fourth-order valence-corrected chi connectivity index (χ4v) is 4.17. The van der Waals surface area contributed by atoms with Crippen LogP contribution in [0.4, 0.5) is 0 Å². The summed E-state index contributed by atoms with van der Waals surface area (Å²) >= 11 is 0. The predicted molar refractivity (Wildman–Crippen MR) is 72.9 cm³/mol. The van der Waals surface area contributed by atoms with Gasteiger partial charge in [-0.3, -0.25) is 0 Å². The molecule has 2 rings (SSSR count). The van der Waals surface area contributed by atoms with E-state index >= 15 is 0 Å². The van der Waals surface area contributed by atoms with Crippen molar-refractivity contribution < 1.29 is 5.11 Å². The highest BCUT2D eigenvalue weighted by molar-refractivity contribution is 4.86. The zero-order valence-corrected chi connectivity index (χ0v) is 11.7. The lowest BCUT2D eigenvalue weighted by molar-refractivity contribution is 0.00175. The van der Waals surface area contributed by atoms with Crippen LogP contribution in [0.15, 0.2) is 0 Å². The second kappa shape index (κ2) is 6.22. The van der Waals surface area contributed by atoms with Crippen LogP contribution in [0, 0.1) is 23.7 Å². The van der Waals surface area contributed by atoms with Gasteiger partial charge in [0.25, 0.3) is 0 Å². The van der Waals surface area contributed by atoms with Crippen molar-refractivity contribution in [1.29, 1.82) is 0 Å². The largest absolute Gasteiger partial charge is 0.393 e. The molecule has 0 spiro atoms. The number of aliphatic hydroxyl groups excluding tert-OH is 1. The summed E-state index contributed by atoms with van der Waals surface area (Å²) in [6, 6.07) is 0. The van der Waals surface area contributed by atoms with Crippen molar-refractivity contribution in [1.82, 2.24) is 0 Å². The van der Waals surface area contributed by atoms with Crippen molar-refractivity contribution in [2.24, 2.45) is 23.7 Å². The minimum Gasteiger partial charge on any atom is -0.393 e. The maximum atomic E-state index is 10.3. The molecule has 3 atom stereocenters. The molecule has 0 bridgehead atoms. The Morgan fingerprint density at radius 2 is 1.71 bits per heavy atom. The summed E-state index contributed by atoms with van der Waals surface area (Å²) in [5.41, 5.74) is 0. The number of aliphatic hydroxyl groups is 1. The van der Waals surface area contributed by atoms with Gasteiger partial charge in [-0.05, 0) is 55.8 Å². The molecule has 0 aromatic rings. The third-order valence-electron chi connectivity index (χ3n) is 5.33. The van der Waals surface area contributed by atoms with Crippen LogP contribution in [0.5, 0.6) is 0 Å². The smallest absolute Gasteiger partial charge is 0.0571 e. The third-order valence-corrected chi connectivity index (χ3v) is 5.33. The second-order valence-electron chi connectivity index (χ2n) is 6.72. The fraction of sp³-hybridized carbons (Fsp3) is 1.00. The first-order valence-corrected chi connectivity index (χ1v) is 7.88. The Hall–Kier alpha value is -0.0400. The Kier molecular flexibility index (Phi) is 4.90. The van der Waals surface area contributed by atoms with Crippen LogP contribution in [0.3, 0.4) is 0 Å². The van der Waals surface area contributed by atoms with Gasteiger partial charge in [-0.2, -0.15) is 0 Å². The number of rotatable bonds is 3. The van der Waals surface area contributed by atoms with Crippen molar-refractivity contribution in [3.8, 4) is 0 Å². The van der Waals surface area contributed by atoms with E-state index in [-0.39, 0.29) is 6.10 Å². The molecule has 2 aliphatic carbocycles. The van der Waals surface area contributed by atoms with E-state index in [1.807, 2.05) is 0 Å². The van der Waals surface area contributed by atoms with Gasteiger partial charge in [-0.25, -0.2) is 0 Å². The molecule has 17 heavy (non-hydrogen) atoms. The molecule has 2 fully saturated rings. The molecule has 1 nitrogen and oxygen atoms in total. The highest BCUT2D eigenvalue weighted by atomic mass is 16.3. The number of hydrogen-bond acceptors (Lipinski definition) is 1. The van der Waals surface area contributed by atoms with Gasteiger partial charge in [-0.15, -0.1) is 0 Å². The summed E-state index contributed by atoms with van der Waals surface area (Å²) in [5, 5.41) is 10.3. The molecule has 0 radical (unpaired) electrons. The summed E-state index contributed by atoms with van der Waals surface area (Å²) in [5.74, 6) is 3.31. The lowest BCUT2D eigenvalue weighted by Crippen LogP contribution is -2.36. The maximum absolute atomic E-state index is 10.3. The Bertz CT molecular complexity index is 218. The van der Waals surface area contributed by atoms with E-state index in [4.69, 9.17) is 0 Å². The Morgan fingerprint density at radius 1 is 1.00 bits per heavy atom. The summed E-state index contributed by atoms with van der Waals surface area (Å²) in [7, 11) is 0. The van der Waals surface area contributed by atoms with Gasteiger partial charge in [0.15, 0.2) is 0 Å². The first-order valence-electron chi connectivity index (χ1n) is 7.88. The van der Waals surface area contributed by atoms with Crippen LogP contribution in [0.1, 0.15) is 71.6 Å². The van der Waals surface area contributed by atoms with Crippen LogP contribution in [0.25, 0.3) is 0 Å². The normalized spacial score (nSPS) is 43.6. The van der Waals surface area contributed by atoms with Crippen LogP contribution in [-0.4, -0.2) is 11.2 Å². The minimum atomic E-state index is 0.0153. The molecule has 1 heteroatoms. The van der Waals surface area contributed by atoms with Gasteiger partial charge in [0.1, 0.15) is 0 Å². The van der Waals surface area contributed by atoms with Crippen LogP contribution >= 0.6 is 0 Å². The van der Waals surface area contributed by atoms with Crippen LogP contribution in [0.2, 0.25) is 0 Å². The minimum absolute atomic E-state index is 0.0153. The van der Waals surface area contributed by atoms with E-state index in [1.54, 1.807) is 0 Å². The maximum Gasteiger partial charge on any atom is 0.0571 e. The van der Waals surface area contributed by atoms with E-state index in [9.17, 15) is 5.11 Å². The quantitative estimate of drug-likeness (QED) is 0.773. The first-order chi connectivity index (χ1) is 8.20. The summed E-state index contributed by atoms with van der Waals surface area (Å²) in [6.07, 6.45) is 11.9. The summed E-state index contributed by atoms with van der Waals surface area (Å²) in [6.45, 7) is 4.68. The summed E-state index contributed by atoms with van der Waals surface area (Å²) < 4.78 is 0. The second-order valence-corrected chi connectivity index (χ2v) is 6.72. The zero-order chi connectivity index (χ0) is 12.3. The van der Waals surface area contributed by atoms with Gasteiger partial charge in [-0.1, -0.05) is 39.5 Å². The number of hydrogen-bond donors (Lipinski definition) is 1. The average Bonchev–Trinajstić information content (AvgIpc) is 2.33. The van der Waals surface area contributed by atoms with Crippen LogP contribution < -0.4 is 0 Å². The molecule has 2 saturated carbocycles. The van der Waals surface area contributed by atoms with Gasteiger partial charge in [0.2, 0.25) is 0 Å².